The van der Waals surface area contributed by atoms with Crippen molar-refractivity contribution in [2.45, 2.75) is 19.1 Å². The molecule has 0 saturated carbocycles. The van der Waals surface area contributed by atoms with Gasteiger partial charge < -0.3 is 14.5 Å². The lowest BCUT2D eigenvalue weighted by molar-refractivity contribution is 0.508. The highest BCUT2D eigenvalue weighted by Gasteiger charge is 2.27. The van der Waals surface area contributed by atoms with E-state index in [0.717, 1.165) is 28.4 Å². The smallest absolute Gasteiger partial charge is 0.159 e. The van der Waals surface area contributed by atoms with Crippen LogP contribution < -0.4 is 5.32 Å². The summed E-state index contributed by atoms with van der Waals surface area (Å²) in [7, 11) is 0. The van der Waals surface area contributed by atoms with Crippen LogP contribution in [0.25, 0.3) is 49.3 Å². The molecule has 0 amide bonds. The number of nitrogens with zero attached hydrogens (tertiary/aromatic N) is 4. The molecule has 51 heavy (non-hydrogen) atoms. The summed E-state index contributed by atoms with van der Waals surface area (Å²) in [5.41, 5.74) is 9.28. The third kappa shape index (κ3) is 4.84. The molecule has 6 aromatic carbocycles. The van der Waals surface area contributed by atoms with Crippen LogP contribution in [0.3, 0.4) is 0 Å². The number of allylic oxidation sites excluding steroid dienone is 2. The summed E-state index contributed by atoms with van der Waals surface area (Å²) in [5.74, 6) is 1.77. The molecule has 3 atom stereocenters. The Hall–Kier alpha value is -6.46. The lowest BCUT2D eigenvalue weighted by atomic mass is 9.91. The van der Waals surface area contributed by atoms with Crippen molar-refractivity contribution >= 4 is 55.3 Å². The first kappa shape index (κ1) is 29.5. The van der Waals surface area contributed by atoms with E-state index in [0.29, 0.717) is 0 Å². The standard InChI is InChI=1S/C46H35N5/c1-30-27-33(46-48-44(31-15-5-2-6-16-31)47-45(49-46)32-17-7-3-8-18-32)25-26-39(30)51-41-24-14-12-22-36(41)38-28-42-37(29-43(38)51)35-21-11-13-23-40(35)50(42)34-19-9-4-10-20-34/h2-30,39,44H,1H3,(H,47,48,49). The minimum Gasteiger partial charge on any atom is -0.344 e. The number of fused-ring (bicyclic) bond motifs is 6. The normalized spacial score (nSPS) is 18.9. The first-order valence-electron chi connectivity index (χ1n) is 17.7. The second-order valence-corrected chi connectivity index (χ2v) is 13.5. The van der Waals surface area contributed by atoms with Gasteiger partial charge in [-0.2, -0.15) is 0 Å². The molecule has 0 spiro atoms. The number of aliphatic imine (C=N–C) groups is 2. The molecule has 8 aromatic rings. The number of nitrogens with one attached hydrogen (secondary N) is 1. The zero-order valence-corrected chi connectivity index (χ0v) is 28.2. The fourth-order valence-corrected chi connectivity index (χ4v) is 8.05. The molecular weight excluding hydrogens is 623 g/mol. The van der Waals surface area contributed by atoms with Gasteiger partial charge in [0.2, 0.25) is 0 Å². The van der Waals surface area contributed by atoms with E-state index in [1.54, 1.807) is 0 Å². The van der Waals surface area contributed by atoms with E-state index >= 15 is 0 Å². The van der Waals surface area contributed by atoms with Gasteiger partial charge in [-0.05, 0) is 47.9 Å². The number of hydrogen-bond acceptors (Lipinski definition) is 3. The van der Waals surface area contributed by atoms with E-state index in [1.807, 2.05) is 24.3 Å². The Morgan fingerprint density at radius 3 is 1.94 bits per heavy atom. The van der Waals surface area contributed by atoms with Gasteiger partial charge in [-0.25, -0.2) is 9.98 Å². The maximum atomic E-state index is 5.15. The predicted molar refractivity (Wildman–Crippen MR) is 212 cm³/mol. The molecule has 0 saturated heterocycles. The minimum absolute atomic E-state index is 0.112. The number of para-hydroxylation sites is 3. The van der Waals surface area contributed by atoms with E-state index in [-0.39, 0.29) is 18.1 Å². The van der Waals surface area contributed by atoms with Crippen molar-refractivity contribution in [3.8, 4) is 5.69 Å². The van der Waals surface area contributed by atoms with Crippen LogP contribution in [0, 0.1) is 5.92 Å². The zero-order chi connectivity index (χ0) is 33.9. The van der Waals surface area contributed by atoms with Crippen LogP contribution in [-0.2, 0) is 0 Å². The van der Waals surface area contributed by atoms with Crippen LogP contribution in [0.5, 0.6) is 0 Å². The van der Waals surface area contributed by atoms with Gasteiger partial charge in [0.15, 0.2) is 5.84 Å². The Morgan fingerprint density at radius 1 is 0.588 bits per heavy atom. The number of amidine groups is 2. The van der Waals surface area contributed by atoms with Crippen molar-refractivity contribution < 1.29 is 0 Å². The van der Waals surface area contributed by atoms with Crippen LogP contribution in [-0.4, -0.2) is 20.8 Å². The molecule has 3 heterocycles. The van der Waals surface area contributed by atoms with Crippen molar-refractivity contribution in [3.63, 3.8) is 0 Å². The van der Waals surface area contributed by atoms with Gasteiger partial charge in [-0.1, -0.05) is 140 Å². The molecule has 0 fully saturated rings. The highest BCUT2D eigenvalue weighted by molar-refractivity contribution is 6.19. The predicted octanol–water partition coefficient (Wildman–Crippen LogP) is 10.7. The SMILES string of the molecule is CC1C=C(C2=NC(c3ccccc3)NC(c3ccccc3)=N2)C=CC1n1c2ccccc2c2cc3c(cc21)c1ccccc1n3-c1ccccc1. The molecule has 1 aliphatic heterocycles. The van der Waals surface area contributed by atoms with Crippen LogP contribution in [0.15, 0.2) is 185 Å². The van der Waals surface area contributed by atoms with Crippen molar-refractivity contribution in [3.05, 3.63) is 187 Å². The Kier molecular flexibility index (Phi) is 6.84. The topological polar surface area (TPSA) is 46.6 Å². The molecule has 2 aromatic heterocycles. The molecule has 2 aliphatic rings. The average Bonchev–Trinajstić information content (AvgIpc) is 3.70. The summed E-state index contributed by atoms with van der Waals surface area (Å²) in [4.78, 5) is 10.2. The van der Waals surface area contributed by atoms with Gasteiger partial charge in [0.05, 0.1) is 22.6 Å². The first-order valence-corrected chi connectivity index (χ1v) is 17.7. The van der Waals surface area contributed by atoms with Crippen molar-refractivity contribution in [2.24, 2.45) is 15.9 Å². The van der Waals surface area contributed by atoms with Crippen molar-refractivity contribution in [1.29, 1.82) is 0 Å². The van der Waals surface area contributed by atoms with Gasteiger partial charge in [0.25, 0.3) is 0 Å². The molecule has 3 unspecified atom stereocenters. The zero-order valence-electron chi connectivity index (χ0n) is 28.2. The fourth-order valence-electron chi connectivity index (χ4n) is 8.05. The quantitative estimate of drug-likeness (QED) is 0.197. The maximum Gasteiger partial charge on any atom is 0.159 e. The van der Waals surface area contributed by atoms with E-state index in [1.165, 1.54) is 49.3 Å². The Bertz CT molecular complexity index is 2730. The average molecular weight is 658 g/mol. The summed E-state index contributed by atoms with van der Waals surface area (Å²) in [5, 5.41) is 8.63. The van der Waals surface area contributed by atoms with Crippen LogP contribution >= 0.6 is 0 Å². The van der Waals surface area contributed by atoms with E-state index in [9.17, 15) is 0 Å². The summed E-state index contributed by atoms with van der Waals surface area (Å²) in [6.07, 6.45) is 6.70. The highest BCUT2D eigenvalue weighted by Crippen LogP contribution is 2.42. The van der Waals surface area contributed by atoms with Crippen LogP contribution in [0.4, 0.5) is 0 Å². The van der Waals surface area contributed by atoms with Gasteiger partial charge in [-0.3, -0.25) is 0 Å². The molecule has 0 radical (unpaired) electrons. The summed E-state index contributed by atoms with van der Waals surface area (Å²) in [6, 6.07) is 54.0. The monoisotopic (exact) mass is 657 g/mol. The molecule has 0 bridgehead atoms. The Balaban J connectivity index is 1.11. The van der Waals surface area contributed by atoms with Crippen LogP contribution in [0.2, 0.25) is 0 Å². The maximum absolute atomic E-state index is 5.15. The molecule has 1 aliphatic carbocycles. The summed E-state index contributed by atoms with van der Waals surface area (Å²) >= 11 is 0. The van der Waals surface area contributed by atoms with Gasteiger partial charge >= 0.3 is 0 Å². The molecule has 1 N–H and O–H groups in total. The molecular formula is C46H35N5. The fraction of sp³-hybridized carbons (Fsp3) is 0.0870. The highest BCUT2D eigenvalue weighted by atomic mass is 15.2. The van der Waals surface area contributed by atoms with E-state index in [4.69, 9.17) is 9.98 Å². The second-order valence-electron chi connectivity index (χ2n) is 13.5. The summed E-state index contributed by atoms with van der Waals surface area (Å²) < 4.78 is 4.95. The van der Waals surface area contributed by atoms with Gasteiger partial charge in [-0.15, -0.1) is 0 Å². The Morgan fingerprint density at radius 2 is 1.20 bits per heavy atom. The number of hydrogen-bond donors (Lipinski definition) is 1. The number of aromatic nitrogens is 2. The molecule has 5 heteroatoms. The number of rotatable bonds is 5. The van der Waals surface area contributed by atoms with Gasteiger partial charge in [0.1, 0.15) is 12.0 Å². The minimum atomic E-state index is -0.228. The van der Waals surface area contributed by atoms with E-state index in [2.05, 4.69) is 167 Å². The summed E-state index contributed by atoms with van der Waals surface area (Å²) in [6.45, 7) is 2.31. The molecule has 10 rings (SSSR count). The second kappa shape index (κ2) is 11.9. The first-order chi connectivity index (χ1) is 25.2. The van der Waals surface area contributed by atoms with E-state index < -0.39 is 0 Å². The molecule has 244 valence electrons. The lowest BCUT2D eigenvalue weighted by Crippen LogP contribution is -2.34. The van der Waals surface area contributed by atoms with Crippen molar-refractivity contribution in [2.75, 3.05) is 0 Å². The van der Waals surface area contributed by atoms with Gasteiger partial charge in [0, 0.05) is 43.9 Å². The van der Waals surface area contributed by atoms with Crippen LogP contribution in [0.1, 0.15) is 30.3 Å². The third-order valence-corrected chi connectivity index (χ3v) is 10.4. The van der Waals surface area contributed by atoms with Crippen molar-refractivity contribution in [1.82, 2.24) is 14.5 Å². The Labute approximate surface area is 296 Å². The lowest BCUT2D eigenvalue weighted by Gasteiger charge is -2.28. The largest absolute Gasteiger partial charge is 0.344 e. The number of benzene rings is 6. The third-order valence-electron chi connectivity index (χ3n) is 10.4. The molecule has 5 nitrogen and oxygen atoms in total.